The molecule has 0 aliphatic heterocycles. The minimum absolute atomic E-state index is 0.405. The Kier molecular flexibility index (Phi) is 5.48. The molecule has 1 nitrogen and oxygen atoms in total. The first-order chi connectivity index (χ1) is 21.8. The first kappa shape index (κ1) is 24.9. The van der Waals surface area contributed by atoms with Gasteiger partial charge < -0.3 is 4.57 Å². The molecule has 1 heterocycles. The van der Waals surface area contributed by atoms with Gasteiger partial charge in [-0.15, -0.1) is 0 Å². The van der Waals surface area contributed by atoms with Crippen LogP contribution in [0.3, 0.4) is 0 Å². The fourth-order valence-corrected chi connectivity index (χ4v) is 7.63. The van der Waals surface area contributed by atoms with Crippen molar-refractivity contribution in [1.29, 1.82) is 0 Å². The van der Waals surface area contributed by atoms with E-state index in [1.807, 2.05) is 0 Å². The van der Waals surface area contributed by atoms with Crippen LogP contribution in [-0.2, 0) is 5.41 Å². The zero-order chi connectivity index (χ0) is 29.1. The van der Waals surface area contributed by atoms with Crippen molar-refractivity contribution < 1.29 is 0 Å². The minimum Gasteiger partial charge on any atom is -0.309 e. The van der Waals surface area contributed by atoms with E-state index in [9.17, 15) is 0 Å². The third-order valence-corrected chi connectivity index (χ3v) is 9.48. The van der Waals surface area contributed by atoms with Crippen LogP contribution in [0.25, 0.3) is 49.7 Å². The van der Waals surface area contributed by atoms with Gasteiger partial charge in [0.05, 0.1) is 16.4 Å². The molecule has 1 aliphatic rings. The van der Waals surface area contributed by atoms with Crippen LogP contribution in [0, 0.1) is 0 Å². The smallest absolute Gasteiger partial charge is 0.0713 e. The molecular weight excluding hydrogens is 530 g/mol. The first-order valence-electron chi connectivity index (χ1n) is 15.3. The zero-order valence-corrected chi connectivity index (χ0v) is 24.2. The number of nitrogens with zero attached hydrogens (tertiary/aromatic N) is 1. The highest BCUT2D eigenvalue weighted by molar-refractivity contribution is 6.10. The maximum Gasteiger partial charge on any atom is 0.0713 e. The molecule has 7 aromatic carbocycles. The van der Waals surface area contributed by atoms with Gasteiger partial charge in [0.2, 0.25) is 0 Å². The van der Waals surface area contributed by atoms with Crippen molar-refractivity contribution >= 4 is 21.8 Å². The molecule has 1 aromatic heterocycles. The normalized spacial score (nSPS) is 13.2. The van der Waals surface area contributed by atoms with Gasteiger partial charge in [-0.05, 0) is 80.9 Å². The largest absolute Gasteiger partial charge is 0.309 e. The fraction of sp³-hybridized carbons (Fsp3) is 0.0233. The van der Waals surface area contributed by atoms with Crippen LogP contribution in [0.15, 0.2) is 176 Å². The van der Waals surface area contributed by atoms with Gasteiger partial charge in [-0.25, -0.2) is 0 Å². The van der Waals surface area contributed by atoms with Crippen LogP contribution in [0.2, 0.25) is 0 Å². The molecule has 0 atom stereocenters. The van der Waals surface area contributed by atoms with Crippen LogP contribution in [-0.4, -0.2) is 4.57 Å². The second-order valence-electron chi connectivity index (χ2n) is 11.7. The van der Waals surface area contributed by atoms with Gasteiger partial charge in [-0.1, -0.05) is 140 Å². The Bertz CT molecular complexity index is 2270. The summed E-state index contributed by atoms with van der Waals surface area (Å²) in [6, 6.07) is 64.5. The predicted octanol–water partition coefficient (Wildman–Crippen LogP) is 10.8. The summed E-state index contributed by atoms with van der Waals surface area (Å²) in [4.78, 5) is 0. The third-order valence-electron chi connectivity index (χ3n) is 9.48. The maximum atomic E-state index is 2.45. The topological polar surface area (TPSA) is 4.93 Å². The molecule has 0 fully saturated rings. The highest BCUT2D eigenvalue weighted by Gasteiger charge is 2.46. The summed E-state index contributed by atoms with van der Waals surface area (Å²) in [6.45, 7) is 0. The molecule has 0 radical (unpaired) electrons. The van der Waals surface area contributed by atoms with E-state index < -0.39 is 5.41 Å². The molecule has 1 heteroatoms. The van der Waals surface area contributed by atoms with Gasteiger partial charge in [0.1, 0.15) is 0 Å². The third kappa shape index (κ3) is 3.47. The zero-order valence-electron chi connectivity index (χ0n) is 24.2. The second-order valence-corrected chi connectivity index (χ2v) is 11.7. The Morgan fingerprint density at radius 2 is 0.909 bits per heavy atom. The van der Waals surface area contributed by atoms with E-state index in [0.717, 1.165) is 0 Å². The predicted molar refractivity (Wildman–Crippen MR) is 184 cm³/mol. The molecule has 206 valence electrons. The van der Waals surface area contributed by atoms with Gasteiger partial charge in [-0.2, -0.15) is 0 Å². The average Bonchev–Trinajstić information content (AvgIpc) is 3.59. The number of para-hydroxylation sites is 2. The summed E-state index contributed by atoms with van der Waals surface area (Å²) in [5, 5.41) is 2.54. The SMILES string of the molecule is c1ccc(-n2c3ccccc3c3cc(-c4ccc5c(c4)C(c4ccccc4)(c4ccccc4)c4ccccc4-5)ccc32)cc1. The van der Waals surface area contributed by atoms with Crippen LogP contribution < -0.4 is 0 Å². The molecule has 0 bridgehead atoms. The Balaban J connectivity index is 1.31. The molecule has 8 aromatic rings. The van der Waals surface area contributed by atoms with Gasteiger partial charge in [0, 0.05) is 16.5 Å². The molecule has 0 unspecified atom stereocenters. The minimum atomic E-state index is -0.405. The number of fused-ring (bicyclic) bond motifs is 6. The lowest BCUT2D eigenvalue weighted by Gasteiger charge is -2.34. The monoisotopic (exact) mass is 559 g/mol. The molecule has 0 amide bonds. The quantitative estimate of drug-likeness (QED) is 0.202. The fourth-order valence-electron chi connectivity index (χ4n) is 7.63. The van der Waals surface area contributed by atoms with Crippen molar-refractivity contribution in [2.45, 2.75) is 5.41 Å². The van der Waals surface area contributed by atoms with E-state index in [1.54, 1.807) is 0 Å². The Morgan fingerprint density at radius 3 is 1.66 bits per heavy atom. The highest BCUT2D eigenvalue weighted by Crippen LogP contribution is 2.56. The van der Waals surface area contributed by atoms with Crippen molar-refractivity contribution in [3.8, 4) is 27.9 Å². The standard InChI is InChI=1S/C43H29N/c1-4-14-32(15-5-1)43(33-16-6-2-7-17-33)39-22-12-10-20-35(39)36-26-24-31(29-40(36)43)30-25-27-42-38(28-30)37-21-11-13-23-41(37)44(42)34-18-8-3-9-19-34/h1-29H. The van der Waals surface area contributed by atoms with Gasteiger partial charge in [-0.3, -0.25) is 0 Å². The molecule has 44 heavy (non-hydrogen) atoms. The van der Waals surface area contributed by atoms with E-state index >= 15 is 0 Å². The summed E-state index contributed by atoms with van der Waals surface area (Å²) in [5.74, 6) is 0. The Morgan fingerprint density at radius 1 is 0.364 bits per heavy atom. The van der Waals surface area contributed by atoms with Crippen LogP contribution >= 0.6 is 0 Å². The number of rotatable bonds is 4. The molecule has 0 N–H and O–H groups in total. The van der Waals surface area contributed by atoms with Crippen LogP contribution in [0.4, 0.5) is 0 Å². The van der Waals surface area contributed by atoms with Gasteiger partial charge in [0.15, 0.2) is 0 Å². The Hall–Kier alpha value is -5.66. The van der Waals surface area contributed by atoms with Crippen molar-refractivity contribution in [3.63, 3.8) is 0 Å². The van der Waals surface area contributed by atoms with Crippen molar-refractivity contribution in [3.05, 3.63) is 198 Å². The van der Waals surface area contributed by atoms with E-state index in [1.165, 1.54) is 72.0 Å². The van der Waals surface area contributed by atoms with Gasteiger partial charge in [0.25, 0.3) is 0 Å². The lowest BCUT2D eigenvalue weighted by Crippen LogP contribution is -2.28. The molecule has 9 rings (SSSR count). The van der Waals surface area contributed by atoms with Gasteiger partial charge >= 0.3 is 0 Å². The summed E-state index contributed by atoms with van der Waals surface area (Å²) < 4.78 is 2.38. The molecule has 0 saturated heterocycles. The van der Waals surface area contributed by atoms with E-state index in [4.69, 9.17) is 0 Å². The molecule has 0 saturated carbocycles. The summed E-state index contributed by atoms with van der Waals surface area (Å²) in [5.41, 5.74) is 13.5. The van der Waals surface area contributed by atoms with Crippen LogP contribution in [0.1, 0.15) is 22.3 Å². The van der Waals surface area contributed by atoms with Crippen molar-refractivity contribution in [1.82, 2.24) is 4.57 Å². The number of hydrogen-bond donors (Lipinski definition) is 0. The Labute approximate surface area is 257 Å². The number of benzene rings is 7. The summed E-state index contributed by atoms with van der Waals surface area (Å²) in [7, 11) is 0. The average molecular weight is 560 g/mol. The number of hydrogen-bond acceptors (Lipinski definition) is 0. The van der Waals surface area contributed by atoms with E-state index in [-0.39, 0.29) is 0 Å². The van der Waals surface area contributed by atoms with Crippen molar-refractivity contribution in [2.75, 3.05) is 0 Å². The summed E-state index contributed by atoms with van der Waals surface area (Å²) >= 11 is 0. The van der Waals surface area contributed by atoms with E-state index in [0.29, 0.717) is 0 Å². The van der Waals surface area contributed by atoms with E-state index in [2.05, 4.69) is 180 Å². The molecule has 0 spiro atoms. The lowest BCUT2D eigenvalue weighted by atomic mass is 9.67. The lowest BCUT2D eigenvalue weighted by molar-refractivity contribution is 0.769. The van der Waals surface area contributed by atoms with Crippen LogP contribution in [0.5, 0.6) is 0 Å². The summed E-state index contributed by atoms with van der Waals surface area (Å²) in [6.07, 6.45) is 0. The maximum absolute atomic E-state index is 2.45. The second kappa shape index (κ2) is 9.69. The molecule has 1 aliphatic carbocycles. The molecular formula is C43H29N. The number of aromatic nitrogens is 1. The highest BCUT2D eigenvalue weighted by atomic mass is 15.0. The first-order valence-corrected chi connectivity index (χ1v) is 15.3. The van der Waals surface area contributed by atoms with Crippen molar-refractivity contribution in [2.24, 2.45) is 0 Å².